The molecule has 2 rings (SSSR count). The fourth-order valence-corrected chi connectivity index (χ4v) is 2.48. The lowest BCUT2D eigenvalue weighted by Crippen LogP contribution is -2.02. The second-order valence-electron chi connectivity index (χ2n) is 4.38. The predicted octanol–water partition coefficient (Wildman–Crippen LogP) is 2.79. The number of aldehydes is 1. The van der Waals surface area contributed by atoms with Gasteiger partial charge in [-0.2, -0.15) is 0 Å². The molecular formula is C14H15NO3. The summed E-state index contributed by atoms with van der Waals surface area (Å²) in [6, 6.07) is 1.67. The van der Waals surface area contributed by atoms with Crippen LogP contribution in [-0.4, -0.2) is 21.9 Å². The molecule has 0 amide bonds. The summed E-state index contributed by atoms with van der Waals surface area (Å²) in [5.41, 5.74) is 3.29. The summed E-state index contributed by atoms with van der Waals surface area (Å²) in [6.45, 7) is 6.36. The number of carboxylic acid groups (broad SMARTS) is 1. The van der Waals surface area contributed by atoms with Crippen LogP contribution in [0.2, 0.25) is 0 Å². The van der Waals surface area contributed by atoms with Crippen molar-refractivity contribution < 1.29 is 14.7 Å². The monoisotopic (exact) mass is 245 g/mol. The van der Waals surface area contributed by atoms with Crippen LogP contribution in [0.5, 0.6) is 0 Å². The molecule has 0 saturated heterocycles. The topological polar surface area (TPSA) is 59.3 Å². The van der Waals surface area contributed by atoms with E-state index in [1.165, 1.54) is 0 Å². The number of aromatic nitrogens is 1. The minimum absolute atomic E-state index is 0.261. The maximum Gasteiger partial charge on any atom is 0.335 e. The van der Waals surface area contributed by atoms with E-state index in [1.54, 1.807) is 19.2 Å². The molecule has 0 radical (unpaired) electrons. The number of aromatic carboxylic acids is 1. The quantitative estimate of drug-likeness (QED) is 0.846. The van der Waals surface area contributed by atoms with Crippen LogP contribution in [-0.2, 0) is 6.54 Å². The Labute approximate surface area is 105 Å². The van der Waals surface area contributed by atoms with Crippen molar-refractivity contribution in [2.45, 2.75) is 27.3 Å². The SMILES string of the molecule is CCn1cc(C=O)c2c(C)c(C(=O)O)cc(C)c21. The Bertz CT molecular complexity index is 653. The van der Waals surface area contributed by atoms with E-state index in [0.29, 0.717) is 11.1 Å². The molecule has 0 unspecified atom stereocenters. The van der Waals surface area contributed by atoms with Gasteiger partial charge in [0.15, 0.2) is 6.29 Å². The zero-order valence-corrected chi connectivity index (χ0v) is 10.7. The zero-order chi connectivity index (χ0) is 13.4. The third kappa shape index (κ3) is 1.61. The summed E-state index contributed by atoms with van der Waals surface area (Å²) < 4.78 is 1.98. The van der Waals surface area contributed by atoms with Crippen LogP contribution in [0.15, 0.2) is 12.3 Å². The summed E-state index contributed by atoms with van der Waals surface area (Å²) >= 11 is 0. The van der Waals surface area contributed by atoms with Crippen molar-refractivity contribution in [2.75, 3.05) is 0 Å². The van der Waals surface area contributed by atoms with Gasteiger partial charge in [0, 0.05) is 23.7 Å². The van der Waals surface area contributed by atoms with Gasteiger partial charge in [0.05, 0.1) is 11.1 Å². The molecule has 4 nitrogen and oxygen atoms in total. The van der Waals surface area contributed by atoms with Crippen molar-refractivity contribution in [3.05, 3.63) is 34.5 Å². The lowest BCUT2D eigenvalue weighted by molar-refractivity contribution is 0.0696. The number of nitrogens with zero attached hydrogens (tertiary/aromatic N) is 1. The van der Waals surface area contributed by atoms with Crippen LogP contribution in [0.25, 0.3) is 10.9 Å². The van der Waals surface area contributed by atoms with Gasteiger partial charge in [0.2, 0.25) is 0 Å². The van der Waals surface area contributed by atoms with Gasteiger partial charge in [0.1, 0.15) is 0 Å². The molecule has 2 aromatic rings. The fourth-order valence-electron chi connectivity index (χ4n) is 2.48. The number of aryl methyl sites for hydroxylation is 3. The first-order valence-electron chi connectivity index (χ1n) is 5.82. The third-order valence-electron chi connectivity index (χ3n) is 3.32. The van der Waals surface area contributed by atoms with Gasteiger partial charge in [0.25, 0.3) is 0 Å². The van der Waals surface area contributed by atoms with E-state index in [4.69, 9.17) is 0 Å². The molecule has 0 aliphatic carbocycles. The lowest BCUT2D eigenvalue weighted by atomic mass is 9.98. The molecule has 1 aromatic carbocycles. The minimum atomic E-state index is -0.960. The molecule has 4 heteroatoms. The molecule has 0 aliphatic rings. The van der Waals surface area contributed by atoms with Gasteiger partial charge in [-0.05, 0) is 38.0 Å². The molecule has 1 aromatic heterocycles. The molecule has 18 heavy (non-hydrogen) atoms. The molecular weight excluding hydrogens is 230 g/mol. The Morgan fingerprint density at radius 1 is 1.44 bits per heavy atom. The zero-order valence-electron chi connectivity index (χ0n) is 10.7. The van der Waals surface area contributed by atoms with E-state index in [1.807, 2.05) is 18.4 Å². The molecule has 0 spiro atoms. The van der Waals surface area contributed by atoms with Crippen LogP contribution in [0.3, 0.4) is 0 Å². The maximum absolute atomic E-state index is 11.2. The smallest absolute Gasteiger partial charge is 0.335 e. The van der Waals surface area contributed by atoms with Crippen LogP contribution < -0.4 is 0 Å². The van der Waals surface area contributed by atoms with Crippen molar-refractivity contribution in [3.8, 4) is 0 Å². The summed E-state index contributed by atoms with van der Waals surface area (Å²) in [5, 5.41) is 9.94. The number of carboxylic acids is 1. The average Bonchev–Trinajstić information content (AvgIpc) is 2.72. The maximum atomic E-state index is 11.2. The van der Waals surface area contributed by atoms with Crippen molar-refractivity contribution in [1.29, 1.82) is 0 Å². The van der Waals surface area contributed by atoms with Crippen molar-refractivity contribution in [3.63, 3.8) is 0 Å². The number of carbonyl (C=O) groups excluding carboxylic acids is 1. The van der Waals surface area contributed by atoms with E-state index in [-0.39, 0.29) is 5.56 Å². The van der Waals surface area contributed by atoms with Crippen molar-refractivity contribution in [1.82, 2.24) is 4.57 Å². The van der Waals surface area contributed by atoms with Crippen molar-refractivity contribution in [2.24, 2.45) is 0 Å². The summed E-state index contributed by atoms with van der Waals surface area (Å²) in [4.78, 5) is 22.3. The first-order valence-corrected chi connectivity index (χ1v) is 5.82. The van der Waals surface area contributed by atoms with Gasteiger partial charge in [-0.3, -0.25) is 4.79 Å². The molecule has 0 atom stereocenters. The molecule has 0 bridgehead atoms. The predicted molar refractivity (Wildman–Crippen MR) is 69.4 cm³/mol. The Morgan fingerprint density at radius 2 is 2.11 bits per heavy atom. The van der Waals surface area contributed by atoms with E-state index in [0.717, 1.165) is 29.3 Å². The van der Waals surface area contributed by atoms with Crippen LogP contribution >= 0.6 is 0 Å². The number of carbonyl (C=O) groups is 2. The van der Waals surface area contributed by atoms with Crippen molar-refractivity contribution >= 4 is 23.2 Å². The minimum Gasteiger partial charge on any atom is -0.478 e. The molecule has 1 heterocycles. The Morgan fingerprint density at radius 3 is 2.61 bits per heavy atom. The number of rotatable bonds is 3. The van der Waals surface area contributed by atoms with Crippen LogP contribution in [0, 0.1) is 13.8 Å². The largest absolute Gasteiger partial charge is 0.478 e. The van der Waals surface area contributed by atoms with Gasteiger partial charge < -0.3 is 9.67 Å². The molecule has 1 N–H and O–H groups in total. The van der Waals surface area contributed by atoms with E-state index >= 15 is 0 Å². The first-order chi connectivity index (χ1) is 8.51. The highest BCUT2D eigenvalue weighted by Crippen LogP contribution is 2.29. The van der Waals surface area contributed by atoms with Gasteiger partial charge in [-0.1, -0.05) is 0 Å². The van der Waals surface area contributed by atoms with Crippen LogP contribution in [0.4, 0.5) is 0 Å². The Kier molecular flexibility index (Phi) is 2.95. The Balaban J connectivity index is 2.99. The normalized spacial score (nSPS) is 10.8. The molecule has 94 valence electrons. The Hall–Kier alpha value is -2.10. The second-order valence-corrected chi connectivity index (χ2v) is 4.38. The molecule has 0 aliphatic heterocycles. The number of fused-ring (bicyclic) bond motifs is 1. The number of hydrogen-bond acceptors (Lipinski definition) is 2. The first kappa shape index (κ1) is 12.4. The van der Waals surface area contributed by atoms with E-state index in [2.05, 4.69) is 0 Å². The highest BCUT2D eigenvalue weighted by Gasteiger charge is 2.18. The van der Waals surface area contributed by atoms with E-state index < -0.39 is 5.97 Å². The summed E-state index contributed by atoms with van der Waals surface area (Å²) in [7, 11) is 0. The fraction of sp³-hybridized carbons (Fsp3) is 0.286. The van der Waals surface area contributed by atoms with Gasteiger partial charge in [-0.25, -0.2) is 4.79 Å². The molecule has 0 saturated carbocycles. The molecule has 0 fully saturated rings. The van der Waals surface area contributed by atoms with E-state index in [9.17, 15) is 14.7 Å². The standard InChI is InChI=1S/C14H15NO3/c1-4-15-6-10(7-16)12-9(3)11(14(17)18)5-8(2)13(12)15/h5-7H,4H2,1-3H3,(H,17,18). The number of hydrogen-bond donors (Lipinski definition) is 1. The highest BCUT2D eigenvalue weighted by molar-refractivity contribution is 6.05. The van der Waals surface area contributed by atoms with Gasteiger partial charge >= 0.3 is 5.97 Å². The summed E-state index contributed by atoms with van der Waals surface area (Å²) in [6.07, 6.45) is 2.57. The number of benzene rings is 1. The highest BCUT2D eigenvalue weighted by atomic mass is 16.4. The van der Waals surface area contributed by atoms with Gasteiger partial charge in [-0.15, -0.1) is 0 Å². The lowest BCUT2D eigenvalue weighted by Gasteiger charge is -2.09. The second kappa shape index (κ2) is 4.29. The third-order valence-corrected chi connectivity index (χ3v) is 3.32. The average molecular weight is 245 g/mol. The van der Waals surface area contributed by atoms with Crippen LogP contribution in [0.1, 0.15) is 38.8 Å². The summed E-state index contributed by atoms with van der Waals surface area (Å²) in [5.74, 6) is -0.960.